The normalized spacial score (nSPS) is 12.3. The fourth-order valence-corrected chi connectivity index (χ4v) is 8.28. The van der Waals surface area contributed by atoms with Crippen molar-refractivity contribution < 1.29 is 47.6 Å². The Morgan fingerprint density at radius 3 is 0.986 bits per heavy atom. The van der Waals surface area contributed by atoms with Crippen molar-refractivity contribution in [3.63, 3.8) is 0 Å². The summed E-state index contributed by atoms with van der Waals surface area (Å²) in [6.07, 6.45) is 23.5. The van der Waals surface area contributed by atoms with Crippen LogP contribution in [0.4, 0.5) is 0 Å². The molecular formula is C59H78N2O10. The Morgan fingerprint density at radius 2 is 0.690 bits per heavy atom. The van der Waals surface area contributed by atoms with Crippen LogP contribution in [0.1, 0.15) is 150 Å². The average molecular weight is 975 g/mol. The van der Waals surface area contributed by atoms with E-state index in [4.69, 9.17) is 39.9 Å². The first-order chi connectivity index (χ1) is 34.7. The third kappa shape index (κ3) is 20.9. The molecule has 4 rings (SSSR count). The molecule has 0 radical (unpaired) electrons. The zero-order valence-electron chi connectivity index (χ0n) is 42.1. The van der Waals surface area contributed by atoms with Crippen LogP contribution in [-0.2, 0) is 38.1 Å². The molecule has 0 heterocycles. The topological polar surface area (TPSA) is 176 Å². The number of unbranched alkanes of at least 4 members (excludes halogenated alkanes) is 16. The van der Waals surface area contributed by atoms with Gasteiger partial charge in [-0.1, -0.05) is 175 Å². The van der Waals surface area contributed by atoms with E-state index >= 15 is 0 Å². The summed E-state index contributed by atoms with van der Waals surface area (Å²) in [5.41, 5.74) is 14.8. The molecule has 2 unspecified atom stereocenters. The molecule has 0 bridgehead atoms. The van der Waals surface area contributed by atoms with Crippen LogP contribution in [0.5, 0.6) is 11.5 Å². The van der Waals surface area contributed by atoms with Gasteiger partial charge >= 0.3 is 23.9 Å². The van der Waals surface area contributed by atoms with Gasteiger partial charge in [-0.2, -0.15) is 0 Å². The first kappa shape index (κ1) is 57.3. The summed E-state index contributed by atoms with van der Waals surface area (Å²) >= 11 is 0. The SMILES string of the molecule is COc1ccc(/C=C/C(=O)OCCCCCCCCCCCOC(=O)C(C(=O)OCCCCCCCCCCCOC(=O)/C=C/c2ccc(OC)cc2)(C(N)c2ccccc2)C(N)c2ccccc2)cc1. The van der Waals surface area contributed by atoms with Crippen LogP contribution in [0.2, 0.25) is 0 Å². The molecule has 0 saturated carbocycles. The van der Waals surface area contributed by atoms with Crippen molar-refractivity contribution in [1.82, 2.24) is 0 Å². The van der Waals surface area contributed by atoms with E-state index in [0.717, 1.165) is 125 Å². The lowest BCUT2D eigenvalue weighted by Gasteiger charge is -2.39. The number of esters is 4. The highest BCUT2D eigenvalue weighted by atomic mass is 16.6. The summed E-state index contributed by atoms with van der Waals surface area (Å²) in [5, 5.41) is 0. The molecule has 12 heteroatoms. The molecule has 4 aromatic rings. The second-order valence-corrected chi connectivity index (χ2v) is 17.8. The average Bonchev–Trinajstić information content (AvgIpc) is 3.40. The number of rotatable bonds is 36. The van der Waals surface area contributed by atoms with Gasteiger partial charge in [0.15, 0.2) is 0 Å². The van der Waals surface area contributed by atoms with Crippen molar-refractivity contribution in [2.75, 3.05) is 40.6 Å². The fraction of sp³-hybridized carbons (Fsp3) is 0.458. The van der Waals surface area contributed by atoms with Crippen molar-refractivity contribution in [3.8, 4) is 11.5 Å². The minimum Gasteiger partial charge on any atom is -0.497 e. The molecule has 0 aliphatic carbocycles. The van der Waals surface area contributed by atoms with Gasteiger partial charge in [0.05, 0.1) is 52.7 Å². The molecule has 4 N–H and O–H groups in total. The van der Waals surface area contributed by atoms with Crippen molar-refractivity contribution in [2.45, 2.75) is 128 Å². The summed E-state index contributed by atoms with van der Waals surface area (Å²) < 4.78 is 32.9. The van der Waals surface area contributed by atoms with E-state index in [1.807, 2.05) is 84.9 Å². The van der Waals surface area contributed by atoms with Crippen LogP contribution >= 0.6 is 0 Å². The second-order valence-electron chi connectivity index (χ2n) is 17.8. The van der Waals surface area contributed by atoms with Crippen LogP contribution in [0.25, 0.3) is 12.2 Å². The van der Waals surface area contributed by atoms with E-state index in [1.54, 1.807) is 50.6 Å². The van der Waals surface area contributed by atoms with E-state index in [2.05, 4.69) is 0 Å². The van der Waals surface area contributed by atoms with E-state index in [9.17, 15) is 19.2 Å². The number of nitrogens with two attached hydrogens (primary N) is 2. The largest absolute Gasteiger partial charge is 0.497 e. The Hall–Kier alpha value is -6.24. The number of benzene rings is 4. The lowest BCUT2D eigenvalue weighted by Crippen LogP contribution is -2.56. The van der Waals surface area contributed by atoms with Gasteiger partial charge in [-0.3, -0.25) is 9.59 Å². The van der Waals surface area contributed by atoms with Crippen molar-refractivity contribution in [1.29, 1.82) is 0 Å². The number of hydrogen-bond donors (Lipinski definition) is 2. The van der Waals surface area contributed by atoms with Gasteiger partial charge in [0, 0.05) is 12.2 Å². The van der Waals surface area contributed by atoms with Crippen molar-refractivity contribution in [3.05, 3.63) is 144 Å². The molecule has 71 heavy (non-hydrogen) atoms. The van der Waals surface area contributed by atoms with Crippen LogP contribution in [0.15, 0.2) is 121 Å². The molecule has 0 saturated heterocycles. The van der Waals surface area contributed by atoms with Crippen LogP contribution in [-0.4, -0.2) is 64.5 Å². The highest BCUT2D eigenvalue weighted by molar-refractivity contribution is 6.02. The molecule has 4 aromatic carbocycles. The van der Waals surface area contributed by atoms with Crippen molar-refractivity contribution >= 4 is 36.0 Å². The van der Waals surface area contributed by atoms with Crippen LogP contribution < -0.4 is 20.9 Å². The standard InChI is InChI=1S/C59H78N2O10/c1-66-51-37-31-47(32-38-51)35-41-53(62)68-43-23-13-9-5-3-7-11-15-25-45-70-57(64)59(55(60)49-27-19-17-20-28-49,56(61)50-29-21-18-22-30-50)58(65)71-46-26-16-12-8-4-6-10-14-24-44-69-54(63)42-36-48-33-39-52(67-2)40-34-48/h17-22,27-42,55-56H,3-16,23-26,43-46,60-61H2,1-2H3/b41-35+,42-36+. The Kier molecular flexibility index (Phi) is 27.6. The maximum absolute atomic E-state index is 14.5. The van der Waals surface area contributed by atoms with Gasteiger partial charge in [0.2, 0.25) is 5.41 Å². The third-order valence-corrected chi connectivity index (χ3v) is 12.6. The molecule has 0 aromatic heterocycles. The smallest absolute Gasteiger partial charge is 0.330 e. The van der Waals surface area contributed by atoms with Crippen LogP contribution in [0, 0.1) is 5.41 Å². The molecule has 384 valence electrons. The predicted molar refractivity (Wildman–Crippen MR) is 280 cm³/mol. The number of methoxy groups -OCH3 is 2. The lowest BCUT2D eigenvalue weighted by atomic mass is 9.69. The summed E-state index contributed by atoms with van der Waals surface area (Å²) in [4.78, 5) is 53.1. The maximum Gasteiger partial charge on any atom is 0.330 e. The Labute approximate surface area is 422 Å². The zero-order valence-corrected chi connectivity index (χ0v) is 42.1. The maximum atomic E-state index is 14.5. The van der Waals surface area contributed by atoms with Gasteiger partial charge < -0.3 is 39.9 Å². The van der Waals surface area contributed by atoms with Gasteiger partial charge in [-0.05, 0) is 84.4 Å². The molecule has 0 fully saturated rings. The molecular weight excluding hydrogens is 897 g/mol. The molecule has 0 aliphatic rings. The Balaban J connectivity index is 1.14. The van der Waals surface area contributed by atoms with Gasteiger partial charge in [-0.15, -0.1) is 0 Å². The highest BCUT2D eigenvalue weighted by Gasteiger charge is 2.59. The van der Waals surface area contributed by atoms with Gasteiger partial charge in [0.25, 0.3) is 0 Å². The van der Waals surface area contributed by atoms with E-state index in [-0.39, 0.29) is 25.2 Å². The number of carbonyl (C=O) groups excluding carboxylic acids is 4. The minimum absolute atomic E-state index is 0.127. The molecule has 0 spiro atoms. The first-order valence-corrected chi connectivity index (χ1v) is 25.6. The molecule has 2 atom stereocenters. The minimum atomic E-state index is -2.04. The van der Waals surface area contributed by atoms with Crippen molar-refractivity contribution in [2.24, 2.45) is 16.9 Å². The number of hydrogen-bond acceptors (Lipinski definition) is 12. The quantitative estimate of drug-likeness (QED) is 0.0145. The van der Waals surface area contributed by atoms with E-state index < -0.39 is 29.4 Å². The van der Waals surface area contributed by atoms with E-state index in [0.29, 0.717) is 37.2 Å². The lowest BCUT2D eigenvalue weighted by molar-refractivity contribution is -0.177. The van der Waals surface area contributed by atoms with Gasteiger partial charge in [0.1, 0.15) is 11.5 Å². The molecule has 0 aliphatic heterocycles. The summed E-state index contributed by atoms with van der Waals surface area (Å²) in [6, 6.07) is 30.7. The Morgan fingerprint density at radius 1 is 0.408 bits per heavy atom. The second kappa shape index (κ2) is 34.1. The zero-order chi connectivity index (χ0) is 50.8. The number of ether oxygens (including phenoxy) is 6. The molecule has 0 amide bonds. The monoisotopic (exact) mass is 975 g/mol. The fourth-order valence-electron chi connectivity index (χ4n) is 8.28. The Bertz CT molecular complexity index is 2000. The number of carbonyl (C=O) groups is 4. The van der Waals surface area contributed by atoms with Crippen LogP contribution in [0.3, 0.4) is 0 Å². The van der Waals surface area contributed by atoms with Gasteiger partial charge in [-0.25, -0.2) is 9.59 Å². The highest BCUT2D eigenvalue weighted by Crippen LogP contribution is 2.45. The summed E-state index contributed by atoms with van der Waals surface area (Å²) in [6.45, 7) is 1.05. The summed E-state index contributed by atoms with van der Waals surface area (Å²) in [5.74, 6) is -0.738. The molecule has 12 nitrogen and oxygen atoms in total. The third-order valence-electron chi connectivity index (χ3n) is 12.6. The van der Waals surface area contributed by atoms with E-state index in [1.165, 1.54) is 12.2 Å². The predicted octanol–water partition coefficient (Wildman–Crippen LogP) is 12.0. The first-order valence-electron chi connectivity index (χ1n) is 25.6. The summed E-state index contributed by atoms with van der Waals surface area (Å²) in [7, 11) is 3.23.